The van der Waals surface area contributed by atoms with Crippen LogP contribution >= 0.6 is 0 Å². The van der Waals surface area contributed by atoms with E-state index < -0.39 is 0 Å². The van der Waals surface area contributed by atoms with Crippen molar-refractivity contribution in [2.45, 2.75) is 44.7 Å². The summed E-state index contributed by atoms with van der Waals surface area (Å²) in [5.41, 5.74) is 5.92. The van der Waals surface area contributed by atoms with E-state index in [0.29, 0.717) is 30.3 Å². The number of hydrogen-bond donors (Lipinski definition) is 1. The van der Waals surface area contributed by atoms with E-state index in [1.807, 2.05) is 6.92 Å². The Balaban J connectivity index is 2.05. The maximum atomic E-state index is 11.5. The first kappa shape index (κ1) is 9.00. The van der Waals surface area contributed by atoms with E-state index in [0.717, 1.165) is 19.4 Å². The van der Waals surface area contributed by atoms with Crippen LogP contribution in [0, 0.1) is 5.92 Å². The number of likely N-dealkylation sites (tertiary alicyclic amines) is 1. The van der Waals surface area contributed by atoms with Crippen LogP contribution in [0.5, 0.6) is 0 Å². The van der Waals surface area contributed by atoms with Crippen molar-refractivity contribution >= 4 is 5.91 Å². The summed E-state index contributed by atoms with van der Waals surface area (Å²) in [6, 6.07) is 0.791. The molecule has 2 fully saturated rings. The van der Waals surface area contributed by atoms with Gasteiger partial charge in [0.2, 0.25) is 5.91 Å². The minimum atomic E-state index is 0.307. The molecule has 0 radical (unpaired) electrons. The Labute approximate surface area is 79.3 Å². The van der Waals surface area contributed by atoms with E-state index in [4.69, 9.17) is 5.73 Å². The maximum absolute atomic E-state index is 11.5. The fraction of sp³-hybridized carbons (Fsp3) is 0.900. The highest BCUT2D eigenvalue weighted by Gasteiger charge is 2.39. The second kappa shape index (κ2) is 3.29. The average molecular weight is 182 g/mol. The van der Waals surface area contributed by atoms with E-state index in [-0.39, 0.29) is 0 Å². The van der Waals surface area contributed by atoms with Crippen molar-refractivity contribution in [2.75, 3.05) is 6.54 Å². The van der Waals surface area contributed by atoms with E-state index in [1.165, 1.54) is 6.42 Å². The SMILES string of the molecule is CCC(=O)N1CC2CC(N)CC1C2. The summed E-state index contributed by atoms with van der Waals surface area (Å²) >= 11 is 0. The monoisotopic (exact) mass is 182 g/mol. The van der Waals surface area contributed by atoms with Crippen molar-refractivity contribution in [1.82, 2.24) is 4.90 Å². The van der Waals surface area contributed by atoms with Crippen molar-refractivity contribution in [3.63, 3.8) is 0 Å². The van der Waals surface area contributed by atoms with Gasteiger partial charge in [0.1, 0.15) is 0 Å². The number of hydrogen-bond acceptors (Lipinski definition) is 2. The molecule has 1 saturated carbocycles. The summed E-state index contributed by atoms with van der Waals surface area (Å²) in [4.78, 5) is 13.6. The maximum Gasteiger partial charge on any atom is 0.222 e. The normalized spacial score (nSPS) is 38.0. The van der Waals surface area contributed by atoms with Gasteiger partial charge >= 0.3 is 0 Å². The number of carbonyl (C=O) groups is 1. The predicted octanol–water partition coefficient (Wildman–Crippen LogP) is 0.735. The van der Waals surface area contributed by atoms with Crippen molar-refractivity contribution in [1.29, 1.82) is 0 Å². The molecule has 2 bridgehead atoms. The Morgan fingerprint density at radius 2 is 2.23 bits per heavy atom. The van der Waals surface area contributed by atoms with E-state index >= 15 is 0 Å². The van der Waals surface area contributed by atoms with Crippen LogP contribution in [-0.4, -0.2) is 29.4 Å². The Bertz CT molecular complexity index is 217. The van der Waals surface area contributed by atoms with Crippen LogP contribution in [0.3, 0.4) is 0 Å². The van der Waals surface area contributed by atoms with Gasteiger partial charge in [-0.3, -0.25) is 4.79 Å². The topological polar surface area (TPSA) is 46.3 Å². The van der Waals surface area contributed by atoms with Crippen molar-refractivity contribution in [3.8, 4) is 0 Å². The molecule has 1 aliphatic carbocycles. The van der Waals surface area contributed by atoms with Gasteiger partial charge in [-0.2, -0.15) is 0 Å². The molecule has 3 heteroatoms. The van der Waals surface area contributed by atoms with Crippen LogP contribution in [0.1, 0.15) is 32.6 Å². The highest BCUT2D eigenvalue weighted by Crippen LogP contribution is 2.35. The van der Waals surface area contributed by atoms with Crippen LogP contribution in [0.4, 0.5) is 0 Å². The first-order chi connectivity index (χ1) is 6.20. The lowest BCUT2D eigenvalue weighted by Crippen LogP contribution is -2.38. The lowest BCUT2D eigenvalue weighted by Gasteiger charge is -2.27. The summed E-state index contributed by atoms with van der Waals surface area (Å²) in [5.74, 6) is 0.992. The van der Waals surface area contributed by atoms with Gasteiger partial charge < -0.3 is 10.6 Å². The molecule has 13 heavy (non-hydrogen) atoms. The Morgan fingerprint density at radius 1 is 1.46 bits per heavy atom. The number of fused-ring (bicyclic) bond motifs is 2. The van der Waals surface area contributed by atoms with Gasteiger partial charge in [0, 0.05) is 25.0 Å². The molecule has 2 rings (SSSR count). The smallest absolute Gasteiger partial charge is 0.222 e. The van der Waals surface area contributed by atoms with Crippen molar-refractivity contribution in [2.24, 2.45) is 11.7 Å². The van der Waals surface area contributed by atoms with Crippen LogP contribution < -0.4 is 5.73 Å². The van der Waals surface area contributed by atoms with Crippen LogP contribution in [0.15, 0.2) is 0 Å². The number of amides is 1. The minimum Gasteiger partial charge on any atom is -0.339 e. The lowest BCUT2D eigenvalue weighted by atomic mass is 9.87. The third-order valence-corrected chi connectivity index (χ3v) is 3.33. The summed E-state index contributed by atoms with van der Waals surface area (Å²) in [5, 5.41) is 0. The molecule has 3 nitrogen and oxygen atoms in total. The second-order valence-corrected chi connectivity index (χ2v) is 4.39. The van der Waals surface area contributed by atoms with Crippen LogP contribution in [0.2, 0.25) is 0 Å². The molecule has 2 aliphatic rings. The molecule has 0 aromatic heterocycles. The molecular formula is C10H18N2O. The minimum absolute atomic E-state index is 0.307. The zero-order chi connectivity index (χ0) is 9.42. The molecule has 0 aromatic rings. The second-order valence-electron chi connectivity index (χ2n) is 4.39. The molecule has 1 heterocycles. The first-order valence-electron chi connectivity index (χ1n) is 5.25. The third-order valence-electron chi connectivity index (χ3n) is 3.33. The highest BCUT2D eigenvalue weighted by atomic mass is 16.2. The van der Waals surface area contributed by atoms with Gasteiger partial charge in [-0.05, 0) is 25.2 Å². The zero-order valence-corrected chi connectivity index (χ0v) is 8.20. The summed E-state index contributed by atoms with van der Waals surface area (Å²) in [6.45, 7) is 2.90. The van der Waals surface area contributed by atoms with Gasteiger partial charge in [0.25, 0.3) is 0 Å². The Kier molecular flexibility index (Phi) is 2.28. The molecule has 1 amide bonds. The molecule has 1 aliphatic heterocycles. The average Bonchev–Trinajstić information content (AvgIpc) is 2.40. The Hall–Kier alpha value is -0.570. The van der Waals surface area contributed by atoms with E-state index in [2.05, 4.69) is 4.90 Å². The molecule has 1 saturated heterocycles. The summed E-state index contributed by atoms with van der Waals surface area (Å²) < 4.78 is 0. The standard InChI is InChI=1S/C10H18N2O/c1-2-10(13)12-6-7-3-8(11)5-9(12)4-7/h7-9H,2-6,11H2,1H3. The summed E-state index contributed by atoms with van der Waals surface area (Å²) in [7, 11) is 0. The molecule has 3 unspecified atom stereocenters. The number of nitrogens with two attached hydrogens (primary N) is 1. The van der Waals surface area contributed by atoms with Gasteiger partial charge in [-0.1, -0.05) is 6.92 Å². The molecule has 74 valence electrons. The van der Waals surface area contributed by atoms with Crippen molar-refractivity contribution < 1.29 is 4.79 Å². The largest absolute Gasteiger partial charge is 0.339 e. The highest BCUT2D eigenvalue weighted by molar-refractivity contribution is 5.76. The van der Waals surface area contributed by atoms with E-state index in [9.17, 15) is 4.79 Å². The molecule has 3 atom stereocenters. The van der Waals surface area contributed by atoms with Gasteiger partial charge in [-0.25, -0.2) is 0 Å². The molecular weight excluding hydrogens is 164 g/mol. The summed E-state index contributed by atoms with van der Waals surface area (Å²) in [6.07, 6.45) is 3.96. The van der Waals surface area contributed by atoms with Gasteiger partial charge in [-0.15, -0.1) is 0 Å². The molecule has 0 aromatic carbocycles. The first-order valence-corrected chi connectivity index (χ1v) is 5.25. The number of nitrogens with zero attached hydrogens (tertiary/aromatic N) is 1. The fourth-order valence-electron chi connectivity index (χ4n) is 2.79. The van der Waals surface area contributed by atoms with Crippen LogP contribution in [0.25, 0.3) is 0 Å². The number of rotatable bonds is 1. The van der Waals surface area contributed by atoms with E-state index in [1.54, 1.807) is 0 Å². The third kappa shape index (κ3) is 1.57. The van der Waals surface area contributed by atoms with Crippen LogP contribution in [-0.2, 0) is 4.79 Å². The lowest BCUT2D eigenvalue weighted by molar-refractivity contribution is -0.131. The van der Waals surface area contributed by atoms with Gasteiger partial charge in [0.15, 0.2) is 0 Å². The Morgan fingerprint density at radius 3 is 2.92 bits per heavy atom. The van der Waals surface area contributed by atoms with Crippen molar-refractivity contribution in [3.05, 3.63) is 0 Å². The number of carbonyl (C=O) groups excluding carboxylic acids is 1. The fourth-order valence-corrected chi connectivity index (χ4v) is 2.79. The zero-order valence-electron chi connectivity index (χ0n) is 8.20. The molecule has 2 N–H and O–H groups in total. The quantitative estimate of drug-likeness (QED) is 0.650. The molecule has 0 spiro atoms. The van der Waals surface area contributed by atoms with Gasteiger partial charge in [0.05, 0.1) is 0 Å². The predicted molar refractivity (Wildman–Crippen MR) is 51.1 cm³/mol.